The minimum absolute atomic E-state index is 0.0286. The second kappa shape index (κ2) is 5.85. The third kappa shape index (κ3) is 2.93. The van der Waals surface area contributed by atoms with Crippen molar-refractivity contribution in [2.24, 2.45) is 11.8 Å². The molecule has 98 valence electrons. The average Bonchev–Trinajstić information content (AvgIpc) is 2.76. The Hall–Kier alpha value is -0.870. The van der Waals surface area contributed by atoms with Gasteiger partial charge in [0, 0.05) is 11.0 Å². The van der Waals surface area contributed by atoms with Gasteiger partial charge in [-0.05, 0) is 31.0 Å². The molecule has 1 fully saturated rings. The van der Waals surface area contributed by atoms with Crippen LogP contribution in [0.2, 0.25) is 0 Å². The lowest BCUT2D eigenvalue weighted by atomic mass is 9.96. The molecule has 0 radical (unpaired) electrons. The molecule has 0 bridgehead atoms. The van der Waals surface area contributed by atoms with Gasteiger partial charge in [-0.1, -0.05) is 41.1 Å². The number of amides is 1. The summed E-state index contributed by atoms with van der Waals surface area (Å²) in [7, 11) is 0. The van der Waals surface area contributed by atoms with Crippen LogP contribution in [0, 0.1) is 11.8 Å². The van der Waals surface area contributed by atoms with Crippen molar-refractivity contribution in [3.05, 3.63) is 34.3 Å². The van der Waals surface area contributed by atoms with E-state index in [0.29, 0.717) is 5.92 Å². The third-order valence-corrected chi connectivity index (χ3v) is 4.31. The Labute approximate surface area is 116 Å². The molecular formula is C14H19BrN2O. The first-order valence-corrected chi connectivity index (χ1v) is 7.14. The third-order valence-electron chi connectivity index (χ3n) is 3.58. The maximum absolute atomic E-state index is 12.2. The lowest BCUT2D eigenvalue weighted by Gasteiger charge is -2.20. The molecule has 18 heavy (non-hydrogen) atoms. The van der Waals surface area contributed by atoms with Crippen molar-refractivity contribution in [2.75, 3.05) is 13.1 Å². The molecule has 2 N–H and O–H groups in total. The van der Waals surface area contributed by atoms with Gasteiger partial charge in [-0.25, -0.2) is 0 Å². The van der Waals surface area contributed by atoms with E-state index in [1.807, 2.05) is 31.2 Å². The minimum atomic E-state index is 0.0286. The topological polar surface area (TPSA) is 41.1 Å². The number of carbonyl (C=O) groups is 1. The van der Waals surface area contributed by atoms with E-state index >= 15 is 0 Å². The van der Waals surface area contributed by atoms with Gasteiger partial charge in [0.25, 0.3) is 0 Å². The summed E-state index contributed by atoms with van der Waals surface area (Å²) in [6.07, 6.45) is 0. The van der Waals surface area contributed by atoms with Crippen LogP contribution in [0.25, 0.3) is 0 Å². The van der Waals surface area contributed by atoms with Crippen LogP contribution in [0.4, 0.5) is 0 Å². The van der Waals surface area contributed by atoms with Crippen molar-refractivity contribution in [3.63, 3.8) is 0 Å². The van der Waals surface area contributed by atoms with E-state index in [9.17, 15) is 4.79 Å². The number of nitrogens with one attached hydrogen (secondary N) is 2. The lowest BCUT2D eigenvalue weighted by Crippen LogP contribution is -2.36. The van der Waals surface area contributed by atoms with Gasteiger partial charge in [0.05, 0.1) is 12.0 Å². The lowest BCUT2D eigenvalue weighted by molar-refractivity contribution is -0.126. The average molecular weight is 311 g/mol. The van der Waals surface area contributed by atoms with Crippen molar-refractivity contribution < 1.29 is 4.79 Å². The monoisotopic (exact) mass is 310 g/mol. The fourth-order valence-corrected chi connectivity index (χ4v) is 3.01. The number of halogens is 1. The van der Waals surface area contributed by atoms with Crippen molar-refractivity contribution in [1.82, 2.24) is 10.6 Å². The summed E-state index contributed by atoms with van der Waals surface area (Å²) in [4.78, 5) is 12.2. The number of carbonyl (C=O) groups excluding carboxylic acids is 1. The maximum Gasteiger partial charge on any atom is 0.225 e. The van der Waals surface area contributed by atoms with Gasteiger partial charge in [0.2, 0.25) is 5.91 Å². The highest BCUT2D eigenvalue weighted by Gasteiger charge is 2.30. The highest BCUT2D eigenvalue weighted by molar-refractivity contribution is 9.10. The molecule has 0 aliphatic carbocycles. The van der Waals surface area contributed by atoms with E-state index in [1.54, 1.807) is 0 Å². The van der Waals surface area contributed by atoms with Crippen molar-refractivity contribution in [2.45, 2.75) is 19.9 Å². The largest absolute Gasteiger partial charge is 0.349 e. The predicted molar refractivity (Wildman–Crippen MR) is 76.2 cm³/mol. The standard InChI is InChI=1S/C14H19BrN2O/c1-9-7-16-8-12(9)14(18)17-10(2)11-5-3-4-6-13(11)15/h3-6,9-10,12,16H,7-8H2,1-2H3,(H,17,18)/t9-,10?,12-/m1/s1. The molecule has 0 spiro atoms. The first-order valence-electron chi connectivity index (χ1n) is 6.35. The molecule has 1 heterocycles. The Morgan fingerprint density at radius 2 is 2.17 bits per heavy atom. The Morgan fingerprint density at radius 3 is 2.78 bits per heavy atom. The molecule has 1 aliphatic rings. The van der Waals surface area contributed by atoms with Gasteiger partial charge < -0.3 is 10.6 Å². The zero-order chi connectivity index (χ0) is 13.1. The Balaban J connectivity index is 2.01. The molecule has 1 saturated heterocycles. The molecular weight excluding hydrogens is 292 g/mol. The molecule has 1 aromatic rings. The van der Waals surface area contributed by atoms with Crippen molar-refractivity contribution in [1.29, 1.82) is 0 Å². The van der Waals surface area contributed by atoms with Crippen LogP contribution < -0.4 is 10.6 Å². The Bertz CT molecular complexity index is 436. The van der Waals surface area contributed by atoms with Crippen LogP contribution in [0.5, 0.6) is 0 Å². The molecule has 1 amide bonds. The smallest absolute Gasteiger partial charge is 0.225 e. The Kier molecular flexibility index (Phi) is 4.40. The normalized spacial score (nSPS) is 24.8. The van der Waals surface area contributed by atoms with Gasteiger partial charge in [-0.15, -0.1) is 0 Å². The van der Waals surface area contributed by atoms with Crippen LogP contribution >= 0.6 is 15.9 Å². The van der Waals surface area contributed by atoms with Crippen molar-refractivity contribution >= 4 is 21.8 Å². The summed E-state index contributed by atoms with van der Waals surface area (Å²) in [6, 6.07) is 8.03. The van der Waals surface area contributed by atoms with E-state index in [0.717, 1.165) is 23.1 Å². The fraction of sp³-hybridized carbons (Fsp3) is 0.500. The summed E-state index contributed by atoms with van der Waals surface area (Å²) in [5, 5.41) is 6.36. The van der Waals surface area contributed by atoms with Gasteiger partial charge in [-0.3, -0.25) is 4.79 Å². The molecule has 3 atom stereocenters. The number of benzene rings is 1. The molecule has 1 unspecified atom stereocenters. The van der Waals surface area contributed by atoms with E-state index in [1.165, 1.54) is 0 Å². The Morgan fingerprint density at radius 1 is 1.44 bits per heavy atom. The SMILES string of the molecule is CC(NC(=O)[C@@H]1CNC[C@H]1C)c1ccccc1Br. The summed E-state index contributed by atoms with van der Waals surface area (Å²) in [5.74, 6) is 0.655. The number of rotatable bonds is 3. The van der Waals surface area contributed by atoms with E-state index in [4.69, 9.17) is 0 Å². The molecule has 3 nitrogen and oxygen atoms in total. The molecule has 1 aromatic carbocycles. The zero-order valence-electron chi connectivity index (χ0n) is 10.7. The summed E-state index contributed by atoms with van der Waals surface area (Å²) in [6.45, 7) is 5.86. The highest BCUT2D eigenvalue weighted by Crippen LogP contribution is 2.24. The fourth-order valence-electron chi connectivity index (χ4n) is 2.39. The first-order chi connectivity index (χ1) is 8.59. The molecule has 2 rings (SSSR count). The van der Waals surface area contributed by atoms with Gasteiger partial charge in [-0.2, -0.15) is 0 Å². The van der Waals surface area contributed by atoms with Crippen LogP contribution in [0.1, 0.15) is 25.5 Å². The zero-order valence-corrected chi connectivity index (χ0v) is 12.3. The second-order valence-electron chi connectivity index (χ2n) is 4.99. The van der Waals surface area contributed by atoms with Gasteiger partial charge >= 0.3 is 0 Å². The van der Waals surface area contributed by atoms with Crippen LogP contribution in [-0.2, 0) is 4.79 Å². The van der Waals surface area contributed by atoms with Gasteiger partial charge in [0.1, 0.15) is 0 Å². The summed E-state index contributed by atoms with van der Waals surface area (Å²) < 4.78 is 1.04. The van der Waals surface area contributed by atoms with E-state index in [2.05, 4.69) is 33.5 Å². The second-order valence-corrected chi connectivity index (χ2v) is 5.85. The van der Waals surface area contributed by atoms with E-state index < -0.39 is 0 Å². The molecule has 1 aliphatic heterocycles. The quantitative estimate of drug-likeness (QED) is 0.900. The minimum Gasteiger partial charge on any atom is -0.349 e. The van der Waals surface area contributed by atoms with E-state index in [-0.39, 0.29) is 17.9 Å². The molecule has 0 saturated carbocycles. The van der Waals surface area contributed by atoms with Crippen molar-refractivity contribution in [3.8, 4) is 0 Å². The molecule has 0 aromatic heterocycles. The van der Waals surface area contributed by atoms with Crippen LogP contribution in [0.15, 0.2) is 28.7 Å². The highest BCUT2D eigenvalue weighted by atomic mass is 79.9. The summed E-state index contributed by atoms with van der Waals surface area (Å²) >= 11 is 3.52. The first kappa shape index (κ1) is 13.6. The summed E-state index contributed by atoms with van der Waals surface area (Å²) in [5.41, 5.74) is 1.12. The molecule has 4 heteroatoms. The number of hydrogen-bond acceptors (Lipinski definition) is 2. The van der Waals surface area contributed by atoms with Gasteiger partial charge in [0.15, 0.2) is 0 Å². The number of hydrogen-bond donors (Lipinski definition) is 2. The van der Waals surface area contributed by atoms with Crippen LogP contribution in [0.3, 0.4) is 0 Å². The maximum atomic E-state index is 12.2. The van der Waals surface area contributed by atoms with Crippen LogP contribution in [-0.4, -0.2) is 19.0 Å². The predicted octanol–water partition coefficient (Wildman–Crippen LogP) is 2.48.